The Labute approximate surface area is 87.4 Å². The fourth-order valence-electron chi connectivity index (χ4n) is 1.41. The summed E-state index contributed by atoms with van der Waals surface area (Å²) in [5.41, 5.74) is 7.50. The van der Waals surface area contributed by atoms with Crippen molar-refractivity contribution in [1.82, 2.24) is 0 Å². The number of hydrogen-bond donors (Lipinski definition) is 3. The summed E-state index contributed by atoms with van der Waals surface area (Å²) in [6.07, 6.45) is 0. The average molecular weight is 201 g/mol. The van der Waals surface area contributed by atoms with Crippen LogP contribution >= 0.6 is 0 Å². The molecule has 0 spiro atoms. The lowest BCUT2D eigenvalue weighted by atomic mass is 10.0. The average Bonchev–Trinajstić information content (AvgIpc) is 2.22. The van der Waals surface area contributed by atoms with Crippen LogP contribution in [-0.2, 0) is 0 Å². The van der Waals surface area contributed by atoms with Crippen LogP contribution in [-0.4, -0.2) is 10.2 Å². The molecule has 2 aromatic rings. The van der Waals surface area contributed by atoms with E-state index in [0.717, 1.165) is 11.1 Å². The van der Waals surface area contributed by atoms with Crippen LogP contribution in [0.15, 0.2) is 42.5 Å². The van der Waals surface area contributed by atoms with Crippen molar-refractivity contribution in [3.05, 3.63) is 42.5 Å². The first-order chi connectivity index (χ1) is 7.16. The highest BCUT2D eigenvalue weighted by Crippen LogP contribution is 2.29. The van der Waals surface area contributed by atoms with E-state index in [1.54, 1.807) is 36.4 Å². The monoisotopic (exact) mass is 201 g/mol. The van der Waals surface area contributed by atoms with Crippen molar-refractivity contribution >= 4 is 5.69 Å². The second-order valence-electron chi connectivity index (χ2n) is 3.32. The SMILES string of the molecule is Nc1ccc(-c2cccc(O)c2)cc1O. The Balaban J connectivity index is 2.50. The van der Waals surface area contributed by atoms with E-state index in [-0.39, 0.29) is 11.5 Å². The zero-order valence-corrected chi connectivity index (χ0v) is 8.01. The lowest BCUT2D eigenvalue weighted by molar-refractivity contribution is 0.475. The molecule has 0 aliphatic heterocycles. The maximum Gasteiger partial charge on any atom is 0.139 e. The third-order valence-corrected chi connectivity index (χ3v) is 2.21. The number of nitrogens with two attached hydrogens (primary N) is 1. The van der Waals surface area contributed by atoms with Gasteiger partial charge in [0.15, 0.2) is 0 Å². The van der Waals surface area contributed by atoms with Crippen LogP contribution in [0.25, 0.3) is 11.1 Å². The quantitative estimate of drug-likeness (QED) is 0.490. The van der Waals surface area contributed by atoms with Gasteiger partial charge in [0.05, 0.1) is 5.69 Å². The topological polar surface area (TPSA) is 66.5 Å². The molecule has 0 saturated carbocycles. The number of aromatic hydroxyl groups is 2. The molecule has 0 amide bonds. The summed E-state index contributed by atoms with van der Waals surface area (Å²) in [4.78, 5) is 0. The maximum absolute atomic E-state index is 9.44. The van der Waals surface area contributed by atoms with E-state index in [4.69, 9.17) is 5.73 Å². The first kappa shape index (κ1) is 9.40. The predicted octanol–water partition coefficient (Wildman–Crippen LogP) is 2.35. The van der Waals surface area contributed by atoms with E-state index in [2.05, 4.69) is 0 Å². The standard InChI is InChI=1S/C12H11NO2/c13-11-5-4-9(7-12(11)15)8-2-1-3-10(14)6-8/h1-7,14-15H,13H2. The maximum atomic E-state index is 9.44. The van der Waals surface area contributed by atoms with Crippen molar-refractivity contribution in [3.63, 3.8) is 0 Å². The van der Waals surface area contributed by atoms with Gasteiger partial charge in [-0.1, -0.05) is 18.2 Å². The summed E-state index contributed by atoms with van der Waals surface area (Å²) >= 11 is 0. The largest absolute Gasteiger partial charge is 0.508 e. The molecule has 0 aliphatic rings. The second-order valence-corrected chi connectivity index (χ2v) is 3.32. The Morgan fingerprint density at radius 3 is 2.27 bits per heavy atom. The summed E-state index contributed by atoms with van der Waals surface area (Å²) in [7, 11) is 0. The molecule has 2 rings (SSSR count). The number of phenolic OH excluding ortho intramolecular Hbond substituents is 2. The fraction of sp³-hybridized carbons (Fsp3) is 0. The highest BCUT2D eigenvalue weighted by Gasteiger charge is 2.02. The van der Waals surface area contributed by atoms with Crippen molar-refractivity contribution in [2.24, 2.45) is 0 Å². The molecule has 0 fully saturated rings. The van der Waals surface area contributed by atoms with Gasteiger partial charge in [-0.3, -0.25) is 0 Å². The Morgan fingerprint density at radius 2 is 1.60 bits per heavy atom. The number of hydrogen-bond acceptors (Lipinski definition) is 3. The molecule has 3 heteroatoms. The van der Waals surface area contributed by atoms with Crippen LogP contribution in [0.3, 0.4) is 0 Å². The van der Waals surface area contributed by atoms with Crippen molar-refractivity contribution in [2.75, 3.05) is 5.73 Å². The molecule has 0 aromatic heterocycles. The van der Waals surface area contributed by atoms with Crippen molar-refractivity contribution in [3.8, 4) is 22.6 Å². The molecule has 0 atom stereocenters. The molecule has 0 heterocycles. The lowest BCUT2D eigenvalue weighted by Gasteiger charge is -2.04. The Morgan fingerprint density at radius 1 is 0.867 bits per heavy atom. The third kappa shape index (κ3) is 1.86. The van der Waals surface area contributed by atoms with Crippen LogP contribution in [0, 0.1) is 0 Å². The van der Waals surface area contributed by atoms with Gasteiger partial charge < -0.3 is 15.9 Å². The number of benzene rings is 2. The summed E-state index contributed by atoms with van der Waals surface area (Å²) in [6, 6.07) is 11.8. The zero-order chi connectivity index (χ0) is 10.8. The van der Waals surface area contributed by atoms with Crippen LogP contribution < -0.4 is 5.73 Å². The molecule has 15 heavy (non-hydrogen) atoms. The molecule has 0 aliphatic carbocycles. The van der Waals surface area contributed by atoms with E-state index >= 15 is 0 Å². The van der Waals surface area contributed by atoms with Gasteiger partial charge in [0, 0.05) is 0 Å². The Hall–Kier alpha value is -2.16. The van der Waals surface area contributed by atoms with E-state index in [9.17, 15) is 10.2 Å². The predicted molar refractivity (Wildman–Crippen MR) is 59.6 cm³/mol. The number of anilines is 1. The molecule has 4 N–H and O–H groups in total. The summed E-state index contributed by atoms with van der Waals surface area (Å²) in [5, 5.41) is 18.8. The number of rotatable bonds is 1. The van der Waals surface area contributed by atoms with Crippen LogP contribution in [0.2, 0.25) is 0 Å². The minimum Gasteiger partial charge on any atom is -0.508 e. The zero-order valence-electron chi connectivity index (χ0n) is 8.01. The minimum atomic E-state index is 0.0517. The van der Waals surface area contributed by atoms with E-state index in [0.29, 0.717) is 5.69 Å². The summed E-state index contributed by atoms with van der Waals surface area (Å²) in [5.74, 6) is 0.250. The van der Waals surface area contributed by atoms with Gasteiger partial charge in [0.2, 0.25) is 0 Å². The van der Waals surface area contributed by atoms with Crippen LogP contribution in [0.4, 0.5) is 5.69 Å². The van der Waals surface area contributed by atoms with Gasteiger partial charge in [0.1, 0.15) is 11.5 Å². The molecule has 0 bridgehead atoms. The minimum absolute atomic E-state index is 0.0517. The van der Waals surface area contributed by atoms with Gasteiger partial charge in [-0.25, -0.2) is 0 Å². The molecule has 3 nitrogen and oxygen atoms in total. The van der Waals surface area contributed by atoms with Gasteiger partial charge in [-0.05, 0) is 35.4 Å². The first-order valence-corrected chi connectivity index (χ1v) is 4.55. The normalized spacial score (nSPS) is 10.1. The van der Waals surface area contributed by atoms with Gasteiger partial charge in [-0.2, -0.15) is 0 Å². The molecule has 2 aromatic carbocycles. The molecular formula is C12H11NO2. The van der Waals surface area contributed by atoms with Crippen LogP contribution in [0.5, 0.6) is 11.5 Å². The van der Waals surface area contributed by atoms with Gasteiger partial charge in [0.25, 0.3) is 0 Å². The molecule has 0 saturated heterocycles. The van der Waals surface area contributed by atoms with Gasteiger partial charge >= 0.3 is 0 Å². The molecule has 76 valence electrons. The smallest absolute Gasteiger partial charge is 0.139 e. The summed E-state index contributed by atoms with van der Waals surface area (Å²) in [6.45, 7) is 0. The van der Waals surface area contributed by atoms with Gasteiger partial charge in [-0.15, -0.1) is 0 Å². The van der Waals surface area contributed by atoms with E-state index in [1.165, 1.54) is 0 Å². The van der Waals surface area contributed by atoms with Crippen LogP contribution in [0.1, 0.15) is 0 Å². The Kier molecular flexibility index (Phi) is 2.21. The fourth-order valence-corrected chi connectivity index (χ4v) is 1.41. The molecule has 0 unspecified atom stereocenters. The van der Waals surface area contributed by atoms with E-state index < -0.39 is 0 Å². The number of phenols is 2. The summed E-state index contributed by atoms with van der Waals surface area (Å²) < 4.78 is 0. The Bertz CT molecular complexity index is 495. The molecular weight excluding hydrogens is 190 g/mol. The first-order valence-electron chi connectivity index (χ1n) is 4.55. The highest BCUT2D eigenvalue weighted by molar-refractivity contribution is 5.70. The lowest BCUT2D eigenvalue weighted by Crippen LogP contribution is -1.85. The van der Waals surface area contributed by atoms with Crippen molar-refractivity contribution < 1.29 is 10.2 Å². The third-order valence-electron chi connectivity index (χ3n) is 2.21. The van der Waals surface area contributed by atoms with Crippen molar-refractivity contribution in [2.45, 2.75) is 0 Å². The highest BCUT2D eigenvalue weighted by atomic mass is 16.3. The number of nitrogen functional groups attached to an aromatic ring is 1. The van der Waals surface area contributed by atoms with E-state index in [1.807, 2.05) is 6.07 Å². The van der Waals surface area contributed by atoms with Crippen molar-refractivity contribution in [1.29, 1.82) is 0 Å². The second kappa shape index (κ2) is 3.53. The molecule has 0 radical (unpaired) electrons.